The van der Waals surface area contributed by atoms with E-state index in [1.807, 2.05) is 66.9 Å². The predicted molar refractivity (Wildman–Crippen MR) is 214 cm³/mol. The summed E-state index contributed by atoms with van der Waals surface area (Å²) in [6, 6.07) is 31.3. The van der Waals surface area contributed by atoms with Gasteiger partial charge in [-0.1, -0.05) is 68.3 Å². The summed E-state index contributed by atoms with van der Waals surface area (Å²) >= 11 is 7.05. The maximum Gasteiger partial charge on any atom is 0.308 e. The highest BCUT2D eigenvalue weighted by atomic mass is 79.9. The Morgan fingerprint density at radius 2 is 1.16 bits per heavy atom. The Kier molecular flexibility index (Phi) is 12.1. The van der Waals surface area contributed by atoms with Crippen molar-refractivity contribution in [1.82, 2.24) is 19.6 Å². The molecule has 2 aliphatic carbocycles. The number of esters is 1. The van der Waals surface area contributed by atoms with E-state index in [0.29, 0.717) is 0 Å². The summed E-state index contributed by atoms with van der Waals surface area (Å²) in [4.78, 5) is 23.1. The zero-order valence-electron chi connectivity index (χ0n) is 30.1. The van der Waals surface area contributed by atoms with Crippen LogP contribution < -0.4 is 9.47 Å². The molecule has 2 heterocycles. The summed E-state index contributed by atoms with van der Waals surface area (Å²) in [5.41, 5.74) is 7.04. The highest BCUT2D eigenvalue weighted by Crippen LogP contribution is 2.38. The van der Waals surface area contributed by atoms with Crippen LogP contribution in [0.5, 0.6) is 11.5 Å². The van der Waals surface area contributed by atoms with Gasteiger partial charge in [0.15, 0.2) is 0 Å². The third-order valence-corrected chi connectivity index (χ3v) is 11.0. The summed E-state index contributed by atoms with van der Waals surface area (Å²) in [7, 11) is 1.40. The van der Waals surface area contributed by atoms with Crippen molar-refractivity contribution in [3.8, 4) is 11.5 Å². The zero-order chi connectivity index (χ0) is 38.3. The number of aromatic nitrogens is 4. The number of carboxylic acid groups (broad SMARTS) is 1. The van der Waals surface area contributed by atoms with Gasteiger partial charge >= 0.3 is 11.9 Å². The fraction of sp³-hybridized carbons (Fsp3) is 0.256. The molecule has 4 unspecified atom stereocenters. The van der Waals surface area contributed by atoms with Crippen molar-refractivity contribution in [3.63, 3.8) is 0 Å². The summed E-state index contributed by atoms with van der Waals surface area (Å²) in [6.07, 6.45) is 11.3. The van der Waals surface area contributed by atoms with Crippen LogP contribution in [0.2, 0.25) is 0 Å². The topological polar surface area (TPSA) is 118 Å². The van der Waals surface area contributed by atoms with E-state index in [1.54, 1.807) is 34.0 Å². The monoisotopic (exact) mass is 866 g/mol. The number of carbonyl (C=O) groups excluding carboxylic acids is 1. The number of rotatable bonds is 12. The first-order valence-corrected chi connectivity index (χ1v) is 19.7. The molecule has 0 bridgehead atoms. The molecule has 0 saturated carbocycles. The average molecular weight is 869 g/mol. The van der Waals surface area contributed by atoms with Crippen LogP contribution in [0.15, 0.2) is 131 Å². The van der Waals surface area contributed by atoms with Gasteiger partial charge in [0.2, 0.25) is 0 Å². The number of ether oxygens (including phenoxy) is 3. The van der Waals surface area contributed by atoms with E-state index >= 15 is 0 Å². The molecule has 6 aromatic rings. The molecule has 0 fully saturated rings. The molecule has 4 aromatic carbocycles. The van der Waals surface area contributed by atoms with Gasteiger partial charge < -0.3 is 19.3 Å². The minimum Gasteiger partial charge on any atom is -0.486 e. The fourth-order valence-corrected chi connectivity index (χ4v) is 8.09. The number of carboxylic acids is 1. The normalized spacial score (nSPS) is 16.6. The molecule has 0 aliphatic heterocycles. The number of carbonyl (C=O) groups is 2. The van der Waals surface area contributed by atoms with Crippen LogP contribution in [0.4, 0.5) is 0 Å². The molecular formula is C43H40Br2N4O6. The minimum absolute atomic E-state index is 0.0211. The van der Waals surface area contributed by atoms with E-state index in [9.17, 15) is 14.7 Å². The number of nitrogens with zero attached hydrogens (tertiary/aromatic N) is 4. The molecule has 12 heteroatoms. The Balaban J connectivity index is 0.000000169. The Bertz CT molecular complexity index is 2210. The molecule has 0 radical (unpaired) electrons. The molecule has 282 valence electrons. The number of halogens is 2. The van der Waals surface area contributed by atoms with Gasteiger partial charge in [0.25, 0.3) is 0 Å². The molecule has 1 N–H and O–H groups in total. The number of hydrogen-bond acceptors (Lipinski definition) is 7. The quantitative estimate of drug-likeness (QED) is 0.121. The van der Waals surface area contributed by atoms with Crippen molar-refractivity contribution < 1.29 is 28.9 Å². The van der Waals surface area contributed by atoms with Crippen molar-refractivity contribution in [2.45, 2.75) is 62.8 Å². The summed E-state index contributed by atoms with van der Waals surface area (Å²) in [5, 5.41) is 17.7. The first-order chi connectivity index (χ1) is 26.7. The first kappa shape index (κ1) is 38.1. The predicted octanol–water partition coefficient (Wildman–Crippen LogP) is 9.64. The lowest BCUT2D eigenvalue weighted by Crippen LogP contribution is -2.16. The number of hydrogen-bond donors (Lipinski definition) is 1. The number of methoxy groups -OCH3 is 1. The van der Waals surface area contributed by atoms with Gasteiger partial charge in [0, 0.05) is 33.7 Å². The van der Waals surface area contributed by atoms with Crippen LogP contribution in [-0.4, -0.2) is 43.7 Å². The lowest BCUT2D eigenvalue weighted by molar-refractivity contribution is -0.141. The minimum atomic E-state index is -0.857. The molecule has 0 amide bonds. The summed E-state index contributed by atoms with van der Waals surface area (Å²) < 4.78 is 22.9. The highest BCUT2D eigenvalue weighted by Gasteiger charge is 2.26. The van der Waals surface area contributed by atoms with Crippen LogP contribution >= 0.6 is 31.9 Å². The van der Waals surface area contributed by atoms with Gasteiger partial charge in [-0.2, -0.15) is 10.2 Å². The Morgan fingerprint density at radius 3 is 1.56 bits per heavy atom. The molecular weight excluding hydrogens is 828 g/mol. The number of aryl methyl sites for hydroxylation is 2. The third-order valence-electron chi connectivity index (χ3n) is 9.99. The van der Waals surface area contributed by atoms with E-state index in [0.717, 1.165) is 57.3 Å². The smallest absolute Gasteiger partial charge is 0.308 e. The highest BCUT2D eigenvalue weighted by molar-refractivity contribution is 9.10. The van der Waals surface area contributed by atoms with E-state index in [2.05, 4.69) is 72.4 Å². The molecule has 10 nitrogen and oxygen atoms in total. The van der Waals surface area contributed by atoms with Crippen LogP contribution in [0, 0.1) is 0 Å². The van der Waals surface area contributed by atoms with Crippen LogP contribution in [0.1, 0.15) is 83.4 Å². The largest absolute Gasteiger partial charge is 0.486 e. The van der Waals surface area contributed by atoms with Crippen LogP contribution in [0.25, 0.3) is 0 Å². The van der Waals surface area contributed by atoms with Crippen LogP contribution in [0.3, 0.4) is 0 Å². The Hall–Kier alpha value is -5.20. The second-order valence-corrected chi connectivity index (χ2v) is 15.3. The molecule has 4 atom stereocenters. The molecule has 2 aromatic heterocycles. The van der Waals surface area contributed by atoms with Gasteiger partial charge in [0.1, 0.15) is 23.7 Å². The van der Waals surface area contributed by atoms with Crippen molar-refractivity contribution in [2.24, 2.45) is 0 Å². The van der Waals surface area contributed by atoms with Gasteiger partial charge in [0.05, 0.1) is 32.0 Å². The van der Waals surface area contributed by atoms with E-state index in [4.69, 9.17) is 14.2 Å². The van der Waals surface area contributed by atoms with Gasteiger partial charge in [-0.3, -0.25) is 19.0 Å². The van der Waals surface area contributed by atoms with Crippen LogP contribution in [-0.2, 0) is 27.2 Å². The van der Waals surface area contributed by atoms with Crippen molar-refractivity contribution in [2.75, 3.05) is 7.11 Å². The maximum atomic E-state index is 11.8. The van der Waals surface area contributed by atoms with Gasteiger partial charge in [-0.15, -0.1) is 0 Å². The molecule has 0 spiro atoms. The van der Waals surface area contributed by atoms with Crippen molar-refractivity contribution >= 4 is 43.8 Å². The lowest BCUT2D eigenvalue weighted by Gasteiger charge is -2.19. The number of fused-ring (bicyclic) bond motifs is 2. The average Bonchev–Trinajstić information content (AvgIpc) is 4.03. The standard InChI is InChI=1S/C22H21BrN2O3.C21H19BrN2O3/c1-27-22(26)14-20(25-12-2-11-24-25)15-3-7-18(8-4-15)28-21-10-5-16-13-17(23)6-9-19(16)21;22-16-5-8-18-15(12-16)4-9-20(18)27-17-6-2-14(3-7-17)19(13-21(25)26)24-11-1-10-23-24/h2-4,6-9,11-13,20-21H,5,10,14H2,1H3;1-3,5-8,10-12,19-20H,4,9,13H2,(H,25,26). The second kappa shape index (κ2) is 17.5. The maximum absolute atomic E-state index is 11.8. The zero-order valence-corrected chi connectivity index (χ0v) is 33.3. The van der Waals surface area contributed by atoms with Crippen molar-refractivity contribution in [1.29, 1.82) is 0 Å². The molecule has 8 rings (SSSR count). The van der Waals surface area contributed by atoms with E-state index in [1.165, 1.54) is 29.4 Å². The van der Waals surface area contributed by atoms with E-state index < -0.39 is 5.97 Å². The lowest BCUT2D eigenvalue weighted by atomic mass is 10.0. The number of aliphatic carboxylic acids is 1. The molecule has 55 heavy (non-hydrogen) atoms. The summed E-state index contributed by atoms with van der Waals surface area (Å²) in [6.45, 7) is 0. The van der Waals surface area contributed by atoms with Gasteiger partial charge in [-0.25, -0.2) is 0 Å². The summed E-state index contributed by atoms with van der Waals surface area (Å²) in [5.74, 6) is 0.481. The fourth-order valence-electron chi connectivity index (χ4n) is 7.27. The number of benzene rings is 4. The second-order valence-electron chi connectivity index (χ2n) is 13.5. The van der Waals surface area contributed by atoms with Crippen molar-refractivity contribution in [3.05, 3.63) is 164 Å². The molecule has 0 saturated heterocycles. The Labute approximate surface area is 336 Å². The van der Waals surface area contributed by atoms with Gasteiger partial charge in [-0.05, 0) is 120 Å². The first-order valence-electron chi connectivity index (χ1n) is 18.1. The molecule has 2 aliphatic rings. The SMILES string of the molecule is COC(=O)CC(c1ccc(OC2CCc3cc(Br)ccc32)cc1)n1cccn1.O=C(O)CC(c1ccc(OC2CCc3cc(Br)ccc32)cc1)n1cccn1. The van der Waals surface area contributed by atoms with E-state index in [-0.39, 0.29) is 43.1 Å². The Morgan fingerprint density at radius 1 is 0.709 bits per heavy atom. The third kappa shape index (κ3) is 9.37.